The van der Waals surface area contributed by atoms with E-state index < -0.39 is 10.0 Å². The molecule has 1 heterocycles. The fourth-order valence-corrected chi connectivity index (χ4v) is 3.92. The molecule has 1 unspecified atom stereocenters. The van der Waals surface area contributed by atoms with Crippen LogP contribution in [-0.4, -0.2) is 44.9 Å². The Morgan fingerprint density at radius 3 is 2.52 bits per heavy atom. The number of hydrogen-bond donors (Lipinski definition) is 2. The summed E-state index contributed by atoms with van der Waals surface area (Å²) in [7, 11) is -1.79. The SMILES string of the molecule is CN1CCC(Nc2ccccc2S(=O)(=O)NC2CC2)C1=O. The molecule has 0 bridgehead atoms. The largest absolute Gasteiger partial charge is 0.373 e. The molecule has 2 N–H and O–H groups in total. The molecule has 6 nitrogen and oxygen atoms in total. The number of carbonyl (C=O) groups is 1. The quantitative estimate of drug-likeness (QED) is 0.842. The summed E-state index contributed by atoms with van der Waals surface area (Å²) in [6.45, 7) is 0.686. The van der Waals surface area contributed by atoms with E-state index in [4.69, 9.17) is 0 Å². The van der Waals surface area contributed by atoms with Crippen molar-refractivity contribution >= 4 is 21.6 Å². The Morgan fingerprint density at radius 1 is 1.19 bits per heavy atom. The van der Waals surface area contributed by atoms with Gasteiger partial charge in [-0.1, -0.05) is 12.1 Å². The average Bonchev–Trinajstić information content (AvgIpc) is 3.20. The third-order valence-electron chi connectivity index (χ3n) is 3.83. The summed E-state index contributed by atoms with van der Waals surface area (Å²) in [6.07, 6.45) is 2.46. The lowest BCUT2D eigenvalue weighted by molar-refractivity contribution is -0.127. The molecule has 1 saturated heterocycles. The molecular formula is C14H19N3O3S. The van der Waals surface area contributed by atoms with Crippen LogP contribution in [0.4, 0.5) is 5.69 Å². The zero-order valence-corrected chi connectivity index (χ0v) is 12.7. The Kier molecular flexibility index (Phi) is 3.62. The first-order chi connectivity index (χ1) is 9.97. The normalized spacial score (nSPS) is 22.6. The fourth-order valence-electron chi connectivity index (χ4n) is 2.45. The number of nitrogens with zero attached hydrogens (tertiary/aromatic N) is 1. The number of rotatable bonds is 5. The molecule has 1 aliphatic carbocycles. The predicted octanol–water partition coefficient (Wildman–Crippen LogP) is 0.770. The van der Waals surface area contributed by atoms with Crippen LogP contribution in [0.25, 0.3) is 0 Å². The summed E-state index contributed by atoms with van der Waals surface area (Å²) in [4.78, 5) is 13.8. The van der Waals surface area contributed by atoms with Gasteiger partial charge in [-0.2, -0.15) is 0 Å². The molecule has 1 amide bonds. The second kappa shape index (κ2) is 5.31. The number of anilines is 1. The van der Waals surface area contributed by atoms with Gasteiger partial charge >= 0.3 is 0 Å². The van der Waals surface area contributed by atoms with E-state index in [0.717, 1.165) is 12.8 Å². The second-order valence-electron chi connectivity index (χ2n) is 5.64. The summed E-state index contributed by atoms with van der Waals surface area (Å²) in [5, 5.41) is 3.08. The number of benzene rings is 1. The lowest BCUT2D eigenvalue weighted by Gasteiger charge is -2.17. The van der Waals surface area contributed by atoms with Crippen molar-refractivity contribution in [3.63, 3.8) is 0 Å². The van der Waals surface area contributed by atoms with Gasteiger partial charge in [0.2, 0.25) is 15.9 Å². The van der Waals surface area contributed by atoms with Gasteiger partial charge in [-0.05, 0) is 31.4 Å². The van der Waals surface area contributed by atoms with Gasteiger partial charge in [0.15, 0.2) is 0 Å². The zero-order chi connectivity index (χ0) is 15.0. The summed E-state index contributed by atoms with van der Waals surface area (Å²) in [6, 6.07) is 6.43. The number of carbonyl (C=O) groups excluding carboxylic acids is 1. The Morgan fingerprint density at radius 2 is 1.90 bits per heavy atom. The van der Waals surface area contributed by atoms with Gasteiger partial charge in [0, 0.05) is 19.6 Å². The molecule has 2 aliphatic rings. The molecule has 0 radical (unpaired) electrons. The van der Waals surface area contributed by atoms with E-state index in [0.29, 0.717) is 18.7 Å². The Balaban J connectivity index is 1.84. The second-order valence-corrected chi connectivity index (χ2v) is 7.32. The van der Waals surface area contributed by atoms with Crippen molar-refractivity contribution in [1.82, 2.24) is 9.62 Å². The van der Waals surface area contributed by atoms with E-state index in [1.165, 1.54) is 0 Å². The predicted molar refractivity (Wildman–Crippen MR) is 79.5 cm³/mol. The lowest BCUT2D eigenvalue weighted by Crippen LogP contribution is -2.32. The first-order valence-electron chi connectivity index (χ1n) is 7.10. The molecule has 1 saturated carbocycles. The third-order valence-corrected chi connectivity index (χ3v) is 5.41. The Bertz CT molecular complexity index is 655. The lowest BCUT2D eigenvalue weighted by atomic mass is 10.2. The molecule has 21 heavy (non-hydrogen) atoms. The number of sulfonamides is 1. The first kappa shape index (κ1) is 14.3. The molecule has 1 aromatic rings. The Labute approximate surface area is 124 Å². The van der Waals surface area contributed by atoms with Crippen molar-refractivity contribution in [1.29, 1.82) is 0 Å². The number of nitrogens with one attached hydrogen (secondary N) is 2. The molecular weight excluding hydrogens is 290 g/mol. The first-order valence-corrected chi connectivity index (χ1v) is 8.58. The third kappa shape index (κ3) is 3.03. The van der Waals surface area contributed by atoms with Crippen LogP contribution in [0, 0.1) is 0 Å². The minimum atomic E-state index is -3.54. The molecule has 0 aromatic heterocycles. The Hall–Kier alpha value is -1.60. The standard InChI is InChI=1S/C14H19N3O3S/c1-17-9-8-12(14(17)18)15-11-4-2-3-5-13(11)21(19,20)16-10-6-7-10/h2-5,10,12,15-16H,6-9H2,1H3. The van der Waals surface area contributed by atoms with Crippen LogP contribution in [0.2, 0.25) is 0 Å². The topological polar surface area (TPSA) is 78.5 Å². The number of likely N-dealkylation sites (N-methyl/N-ethyl adjacent to an activating group) is 1. The molecule has 1 aromatic carbocycles. The maximum absolute atomic E-state index is 12.4. The highest BCUT2D eigenvalue weighted by molar-refractivity contribution is 7.89. The maximum Gasteiger partial charge on any atom is 0.244 e. The van der Waals surface area contributed by atoms with E-state index in [1.807, 2.05) is 0 Å². The monoisotopic (exact) mass is 309 g/mol. The van der Waals surface area contributed by atoms with Crippen molar-refractivity contribution < 1.29 is 13.2 Å². The van der Waals surface area contributed by atoms with Crippen LogP contribution < -0.4 is 10.0 Å². The van der Waals surface area contributed by atoms with E-state index in [-0.39, 0.29) is 22.9 Å². The average molecular weight is 309 g/mol. The van der Waals surface area contributed by atoms with Crippen molar-refractivity contribution in [2.45, 2.75) is 36.2 Å². The zero-order valence-electron chi connectivity index (χ0n) is 11.9. The van der Waals surface area contributed by atoms with Crippen LogP contribution in [0.5, 0.6) is 0 Å². The van der Waals surface area contributed by atoms with Crippen LogP contribution in [-0.2, 0) is 14.8 Å². The van der Waals surface area contributed by atoms with E-state index >= 15 is 0 Å². The molecule has 1 atom stereocenters. The van der Waals surface area contributed by atoms with Crippen molar-refractivity contribution in [2.75, 3.05) is 18.9 Å². The number of amides is 1. The van der Waals surface area contributed by atoms with Gasteiger partial charge in [0.05, 0.1) is 5.69 Å². The van der Waals surface area contributed by atoms with Crippen LogP contribution >= 0.6 is 0 Å². The molecule has 1 aliphatic heterocycles. The van der Waals surface area contributed by atoms with Crippen molar-refractivity contribution in [3.8, 4) is 0 Å². The van der Waals surface area contributed by atoms with Crippen molar-refractivity contribution in [2.24, 2.45) is 0 Å². The van der Waals surface area contributed by atoms with Gasteiger partial charge in [-0.3, -0.25) is 4.79 Å². The summed E-state index contributed by atoms with van der Waals surface area (Å²) >= 11 is 0. The van der Waals surface area contributed by atoms with E-state index in [9.17, 15) is 13.2 Å². The van der Waals surface area contributed by atoms with Gasteiger partial charge in [-0.15, -0.1) is 0 Å². The van der Waals surface area contributed by atoms with Gasteiger partial charge in [0.25, 0.3) is 0 Å². The maximum atomic E-state index is 12.4. The summed E-state index contributed by atoms with van der Waals surface area (Å²) in [5.41, 5.74) is 0.485. The van der Waals surface area contributed by atoms with Crippen LogP contribution in [0.15, 0.2) is 29.2 Å². The highest BCUT2D eigenvalue weighted by Crippen LogP contribution is 2.27. The highest BCUT2D eigenvalue weighted by atomic mass is 32.2. The van der Waals surface area contributed by atoms with Crippen LogP contribution in [0.1, 0.15) is 19.3 Å². The van der Waals surface area contributed by atoms with Crippen LogP contribution in [0.3, 0.4) is 0 Å². The van der Waals surface area contributed by atoms with Gasteiger partial charge < -0.3 is 10.2 Å². The minimum Gasteiger partial charge on any atom is -0.373 e. The molecule has 0 spiro atoms. The molecule has 7 heteroatoms. The number of hydrogen-bond acceptors (Lipinski definition) is 4. The van der Waals surface area contributed by atoms with E-state index in [1.54, 1.807) is 36.2 Å². The summed E-state index contributed by atoms with van der Waals surface area (Å²) < 4.78 is 27.4. The van der Waals surface area contributed by atoms with Gasteiger partial charge in [-0.25, -0.2) is 13.1 Å². The molecule has 2 fully saturated rings. The number of likely N-dealkylation sites (tertiary alicyclic amines) is 1. The molecule has 3 rings (SSSR count). The highest BCUT2D eigenvalue weighted by Gasteiger charge is 2.32. The fraction of sp³-hybridized carbons (Fsp3) is 0.500. The number of para-hydroxylation sites is 1. The van der Waals surface area contributed by atoms with E-state index in [2.05, 4.69) is 10.0 Å². The minimum absolute atomic E-state index is 0.00245. The van der Waals surface area contributed by atoms with Crippen molar-refractivity contribution in [3.05, 3.63) is 24.3 Å². The molecule has 114 valence electrons. The smallest absolute Gasteiger partial charge is 0.244 e. The van der Waals surface area contributed by atoms with Gasteiger partial charge in [0.1, 0.15) is 10.9 Å². The summed E-state index contributed by atoms with van der Waals surface area (Å²) in [5.74, 6) is -0.00245.